The zero-order valence-corrected chi connectivity index (χ0v) is 16.6. The van der Waals surface area contributed by atoms with E-state index in [2.05, 4.69) is 10.0 Å². The number of anilines is 1. The van der Waals surface area contributed by atoms with Crippen LogP contribution in [0.3, 0.4) is 0 Å². The van der Waals surface area contributed by atoms with E-state index in [0.717, 1.165) is 11.1 Å². The van der Waals surface area contributed by atoms with Crippen molar-refractivity contribution in [1.29, 1.82) is 0 Å². The van der Waals surface area contributed by atoms with Crippen LogP contribution in [0.25, 0.3) is 0 Å². The topological polar surface area (TPSA) is 105 Å². The number of carbonyl (C=O) groups is 2. The normalized spacial score (nSPS) is 20.2. The van der Waals surface area contributed by atoms with Crippen LogP contribution in [0.2, 0.25) is 0 Å². The molecule has 2 aromatic rings. The molecule has 0 aromatic heterocycles. The molecule has 1 saturated heterocycles. The molecule has 152 valence electrons. The number of cyclic esters (lactones) is 1. The van der Waals surface area contributed by atoms with Crippen molar-refractivity contribution in [3.63, 3.8) is 0 Å². The molecule has 29 heavy (non-hydrogen) atoms. The van der Waals surface area contributed by atoms with E-state index in [1.807, 2.05) is 30.3 Å². The smallest absolute Gasteiger partial charge is 0.415 e. The lowest BCUT2D eigenvalue weighted by molar-refractivity contribution is -0.119. The number of hydrogen-bond acceptors (Lipinski definition) is 5. The Bertz CT molecular complexity index is 1060. The van der Waals surface area contributed by atoms with Crippen LogP contribution in [0.15, 0.2) is 53.4 Å². The molecule has 0 radical (unpaired) electrons. The van der Waals surface area contributed by atoms with Gasteiger partial charge in [0, 0.05) is 13.5 Å². The number of rotatable bonds is 6. The Balaban J connectivity index is 1.52. The first-order valence-corrected chi connectivity index (χ1v) is 10.7. The van der Waals surface area contributed by atoms with E-state index in [-0.39, 0.29) is 29.9 Å². The van der Waals surface area contributed by atoms with Gasteiger partial charge in [-0.1, -0.05) is 30.3 Å². The van der Waals surface area contributed by atoms with E-state index in [0.29, 0.717) is 12.1 Å². The van der Waals surface area contributed by atoms with Crippen LogP contribution >= 0.6 is 0 Å². The summed E-state index contributed by atoms with van der Waals surface area (Å²) in [5, 5.41) is 2.67. The Labute approximate surface area is 168 Å². The summed E-state index contributed by atoms with van der Waals surface area (Å²) in [6.45, 7) is 1.82. The zero-order chi connectivity index (χ0) is 20.6. The number of nitrogens with zero attached hydrogens (tertiary/aromatic N) is 1. The highest BCUT2D eigenvalue weighted by Gasteiger charge is 2.47. The molecule has 2 aliphatic rings. The van der Waals surface area contributed by atoms with Crippen LogP contribution in [0.5, 0.6) is 0 Å². The van der Waals surface area contributed by atoms with Gasteiger partial charge in [0.05, 0.1) is 23.2 Å². The second kappa shape index (κ2) is 7.49. The van der Waals surface area contributed by atoms with Crippen LogP contribution < -0.4 is 14.9 Å². The number of fused-ring (bicyclic) bond motifs is 3. The SMILES string of the molecule is CC(=O)NC[C@@H]1OC(=O)N2c3ccc(S(=O)(=O)NCc4ccccc4)cc3C[C@@H]12. The van der Waals surface area contributed by atoms with Crippen molar-refractivity contribution in [2.75, 3.05) is 11.4 Å². The number of benzene rings is 2. The predicted octanol–water partition coefficient (Wildman–Crippen LogP) is 1.55. The summed E-state index contributed by atoms with van der Waals surface area (Å²) in [5.41, 5.74) is 2.27. The quantitative estimate of drug-likeness (QED) is 0.745. The highest BCUT2D eigenvalue weighted by Crippen LogP contribution is 2.39. The fourth-order valence-corrected chi connectivity index (χ4v) is 4.77. The van der Waals surface area contributed by atoms with E-state index in [9.17, 15) is 18.0 Å². The zero-order valence-electron chi connectivity index (χ0n) is 15.8. The number of nitrogens with one attached hydrogen (secondary N) is 2. The molecular weight excluding hydrogens is 394 g/mol. The van der Waals surface area contributed by atoms with Gasteiger partial charge in [-0.3, -0.25) is 9.69 Å². The summed E-state index contributed by atoms with van der Waals surface area (Å²) >= 11 is 0. The van der Waals surface area contributed by atoms with Gasteiger partial charge >= 0.3 is 6.09 Å². The molecule has 1 fully saturated rings. The molecule has 2 aliphatic heterocycles. The molecule has 0 aliphatic carbocycles. The molecule has 2 aromatic carbocycles. The van der Waals surface area contributed by atoms with Crippen molar-refractivity contribution >= 4 is 27.7 Å². The van der Waals surface area contributed by atoms with Crippen LogP contribution in [-0.2, 0) is 32.5 Å². The third-order valence-corrected chi connectivity index (χ3v) is 6.52. The maximum absolute atomic E-state index is 12.7. The minimum atomic E-state index is -3.69. The number of amides is 2. The number of ether oxygens (including phenoxy) is 1. The number of sulfonamides is 1. The van der Waals surface area contributed by atoms with Gasteiger partial charge < -0.3 is 10.1 Å². The van der Waals surface area contributed by atoms with Crippen molar-refractivity contribution in [2.45, 2.75) is 36.9 Å². The highest BCUT2D eigenvalue weighted by molar-refractivity contribution is 7.89. The Hall–Kier alpha value is -2.91. The van der Waals surface area contributed by atoms with Gasteiger partial charge in [-0.25, -0.2) is 17.9 Å². The van der Waals surface area contributed by atoms with Gasteiger partial charge in [0.25, 0.3) is 0 Å². The van der Waals surface area contributed by atoms with Crippen molar-refractivity contribution in [3.8, 4) is 0 Å². The van der Waals surface area contributed by atoms with Crippen LogP contribution in [0.4, 0.5) is 10.5 Å². The molecule has 0 spiro atoms. The van der Waals surface area contributed by atoms with Crippen molar-refractivity contribution in [2.24, 2.45) is 0 Å². The lowest BCUT2D eigenvalue weighted by Crippen LogP contribution is -2.40. The lowest BCUT2D eigenvalue weighted by Gasteiger charge is -2.16. The second-order valence-corrected chi connectivity index (χ2v) is 8.87. The predicted molar refractivity (Wildman–Crippen MR) is 106 cm³/mol. The van der Waals surface area contributed by atoms with Gasteiger partial charge in [0.15, 0.2) is 0 Å². The molecule has 0 bridgehead atoms. The summed E-state index contributed by atoms with van der Waals surface area (Å²) in [5.74, 6) is -0.201. The fraction of sp³-hybridized carbons (Fsp3) is 0.300. The molecular formula is C20H21N3O5S. The third-order valence-electron chi connectivity index (χ3n) is 5.12. The van der Waals surface area contributed by atoms with Crippen LogP contribution in [0, 0.1) is 0 Å². The van der Waals surface area contributed by atoms with E-state index in [1.54, 1.807) is 12.1 Å². The third kappa shape index (κ3) is 3.83. The molecule has 0 unspecified atom stereocenters. The Morgan fingerprint density at radius 2 is 1.97 bits per heavy atom. The van der Waals surface area contributed by atoms with E-state index in [4.69, 9.17) is 4.74 Å². The number of carbonyl (C=O) groups excluding carboxylic acids is 2. The van der Waals surface area contributed by atoms with E-state index < -0.39 is 22.2 Å². The Morgan fingerprint density at radius 1 is 1.21 bits per heavy atom. The minimum absolute atomic E-state index is 0.153. The maximum Gasteiger partial charge on any atom is 0.415 e. The molecule has 2 N–H and O–H groups in total. The first-order chi connectivity index (χ1) is 13.8. The van der Waals surface area contributed by atoms with Crippen molar-refractivity contribution in [3.05, 3.63) is 59.7 Å². The van der Waals surface area contributed by atoms with E-state index >= 15 is 0 Å². The summed E-state index contributed by atoms with van der Waals surface area (Å²) in [6.07, 6.45) is -0.495. The monoisotopic (exact) mass is 415 g/mol. The Morgan fingerprint density at radius 3 is 2.69 bits per heavy atom. The standard InChI is InChI=1S/C20H21N3O5S/c1-13(24)21-12-19-18-10-15-9-16(7-8-17(15)23(18)20(25)28-19)29(26,27)22-11-14-5-3-2-4-6-14/h2-9,18-19,22H,10-12H2,1H3,(H,21,24)/t18-,19-/m0/s1. The van der Waals surface area contributed by atoms with Crippen molar-refractivity contribution < 1.29 is 22.7 Å². The average Bonchev–Trinajstić information content (AvgIpc) is 3.22. The first-order valence-electron chi connectivity index (χ1n) is 9.26. The van der Waals surface area contributed by atoms with Crippen molar-refractivity contribution in [1.82, 2.24) is 10.0 Å². The van der Waals surface area contributed by atoms with Gasteiger partial charge in [-0.2, -0.15) is 0 Å². The summed E-state index contributed by atoms with van der Waals surface area (Å²) in [7, 11) is -3.69. The molecule has 2 amide bonds. The molecule has 4 rings (SSSR count). The first kappa shape index (κ1) is 19.4. The fourth-order valence-electron chi connectivity index (χ4n) is 3.70. The van der Waals surface area contributed by atoms with E-state index in [1.165, 1.54) is 17.9 Å². The largest absolute Gasteiger partial charge is 0.442 e. The molecule has 0 saturated carbocycles. The van der Waals surface area contributed by atoms with Gasteiger partial charge in [-0.15, -0.1) is 0 Å². The maximum atomic E-state index is 12.7. The minimum Gasteiger partial charge on any atom is -0.442 e. The van der Waals surface area contributed by atoms with Crippen LogP contribution in [0.1, 0.15) is 18.1 Å². The number of hydrogen-bond donors (Lipinski definition) is 2. The Kier molecular flexibility index (Phi) is 5.01. The summed E-state index contributed by atoms with van der Waals surface area (Å²) in [4.78, 5) is 25.1. The average molecular weight is 415 g/mol. The molecule has 8 nitrogen and oxygen atoms in total. The summed E-state index contributed by atoms with van der Waals surface area (Å²) < 4.78 is 33.4. The highest BCUT2D eigenvalue weighted by atomic mass is 32.2. The molecule has 2 heterocycles. The lowest BCUT2D eigenvalue weighted by atomic mass is 10.1. The second-order valence-electron chi connectivity index (χ2n) is 7.10. The van der Waals surface area contributed by atoms with Gasteiger partial charge in [-0.05, 0) is 35.7 Å². The van der Waals surface area contributed by atoms with Gasteiger partial charge in [0.1, 0.15) is 6.10 Å². The van der Waals surface area contributed by atoms with Crippen LogP contribution in [-0.4, -0.2) is 39.1 Å². The van der Waals surface area contributed by atoms with Gasteiger partial charge in [0.2, 0.25) is 15.9 Å². The summed E-state index contributed by atoms with van der Waals surface area (Å²) in [6, 6.07) is 13.7. The molecule has 2 atom stereocenters. The molecule has 9 heteroatoms.